The summed E-state index contributed by atoms with van der Waals surface area (Å²) in [6, 6.07) is 0.184. The van der Waals surface area contributed by atoms with Crippen molar-refractivity contribution in [2.45, 2.75) is 25.8 Å². The molecule has 1 rings (SSSR count). The summed E-state index contributed by atoms with van der Waals surface area (Å²) in [5.74, 6) is -1.69. The lowest BCUT2D eigenvalue weighted by atomic mass is 10.1. The lowest BCUT2D eigenvalue weighted by Crippen LogP contribution is -2.37. The van der Waals surface area contributed by atoms with Crippen LogP contribution in [-0.2, 0) is 9.59 Å². The van der Waals surface area contributed by atoms with Gasteiger partial charge in [-0.25, -0.2) is 0 Å². The largest absolute Gasteiger partial charge is 0.481 e. The van der Waals surface area contributed by atoms with E-state index in [1.54, 1.807) is 6.92 Å². The van der Waals surface area contributed by atoms with Crippen LogP contribution in [0.25, 0.3) is 0 Å². The Balaban J connectivity index is 2.27. The number of aliphatic carboxylic acids is 1. The molecule has 1 amide bonds. The number of nitrogens with one attached hydrogen (secondary N) is 1. The van der Waals surface area contributed by atoms with Crippen molar-refractivity contribution in [2.75, 3.05) is 20.1 Å². The van der Waals surface area contributed by atoms with Crippen molar-refractivity contribution in [3.8, 4) is 0 Å². The predicted molar refractivity (Wildman–Crippen MR) is 55.5 cm³/mol. The molecule has 0 spiro atoms. The van der Waals surface area contributed by atoms with Crippen LogP contribution < -0.4 is 5.32 Å². The summed E-state index contributed by atoms with van der Waals surface area (Å²) in [5, 5.41) is 11.5. The second-order valence-corrected chi connectivity index (χ2v) is 4.26. The van der Waals surface area contributed by atoms with Crippen LogP contribution >= 0.6 is 0 Å². The minimum Gasteiger partial charge on any atom is -0.481 e. The van der Waals surface area contributed by atoms with Gasteiger partial charge in [0.15, 0.2) is 0 Å². The Labute approximate surface area is 89.4 Å². The standard InChI is InChI=1S/C10H18N2O3/c1-7(10(14)15)5-9(13)11-8-3-4-12(2)6-8/h7-8H,3-6H2,1-2H3,(H,11,13)(H,14,15). The first-order valence-corrected chi connectivity index (χ1v) is 5.19. The highest BCUT2D eigenvalue weighted by molar-refractivity contribution is 5.82. The van der Waals surface area contributed by atoms with Gasteiger partial charge in [0.2, 0.25) is 5.91 Å². The number of likely N-dealkylation sites (tertiary alicyclic amines) is 1. The normalized spacial score (nSPS) is 23.7. The number of nitrogens with zero attached hydrogens (tertiary/aromatic N) is 1. The molecule has 1 aliphatic heterocycles. The Morgan fingerprint density at radius 1 is 1.60 bits per heavy atom. The average Bonchev–Trinajstić information content (AvgIpc) is 2.50. The maximum absolute atomic E-state index is 11.4. The number of hydrogen-bond acceptors (Lipinski definition) is 3. The van der Waals surface area contributed by atoms with E-state index in [9.17, 15) is 9.59 Å². The molecule has 2 atom stereocenters. The van der Waals surface area contributed by atoms with Gasteiger partial charge in [-0.3, -0.25) is 9.59 Å². The Bertz CT molecular complexity index is 255. The smallest absolute Gasteiger partial charge is 0.306 e. The highest BCUT2D eigenvalue weighted by atomic mass is 16.4. The van der Waals surface area contributed by atoms with Crippen LogP contribution in [-0.4, -0.2) is 48.1 Å². The van der Waals surface area contributed by atoms with Crippen LogP contribution in [0.4, 0.5) is 0 Å². The summed E-state index contributed by atoms with van der Waals surface area (Å²) in [7, 11) is 2.01. The van der Waals surface area contributed by atoms with Gasteiger partial charge in [0.1, 0.15) is 0 Å². The Hall–Kier alpha value is -1.10. The van der Waals surface area contributed by atoms with Crippen molar-refractivity contribution in [3.63, 3.8) is 0 Å². The minimum atomic E-state index is -0.923. The van der Waals surface area contributed by atoms with E-state index in [0.29, 0.717) is 0 Å². The molecule has 1 heterocycles. The minimum absolute atomic E-state index is 0.0650. The van der Waals surface area contributed by atoms with Crippen LogP contribution in [0.3, 0.4) is 0 Å². The number of carboxylic acid groups (broad SMARTS) is 1. The van der Waals surface area contributed by atoms with Gasteiger partial charge >= 0.3 is 5.97 Å². The zero-order valence-corrected chi connectivity index (χ0v) is 9.19. The van der Waals surface area contributed by atoms with Gasteiger partial charge in [0, 0.05) is 19.0 Å². The lowest BCUT2D eigenvalue weighted by molar-refractivity contribution is -0.143. The fourth-order valence-corrected chi connectivity index (χ4v) is 1.70. The Kier molecular flexibility index (Phi) is 4.08. The highest BCUT2D eigenvalue weighted by Gasteiger charge is 2.22. The molecule has 5 heteroatoms. The fraction of sp³-hybridized carbons (Fsp3) is 0.800. The van der Waals surface area contributed by atoms with E-state index in [1.165, 1.54) is 0 Å². The molecule has 0 radical (unpaired) electrons. The Morgan fingerprint density at radius 3 is 2.73 bits per heavy atom. The van der Waals surface area contributed by atoms with E-state index in [2.05, 4.69) is 10.2 Å². The highest BCUT2D eigenvalue weighted by Crippen LogP contribution is 2.08. The van der Waals surface area contributed by atoms with Crippen LogP contribution in [0, 0.1) is 5.92 Å². The van der Waals surface area contributed by atoms with Crippen LogP contribution in [0.1, 0.15) is 19.8 Å². The van der Waals surface area contributed by atoms with Gasteiger partial charge in [-0.05, 0) is 20.0 Å². The number of carbonyl (C=O) groups is 2. The number of rotatable bonds is 4. The van der Waals surface area contributed by atoms with Crippen molar-refractivity contribution in [2.24, 2.45) is 5.92 Å². The lowest BCUT2D eigenvalue weighted by Gasteiger charge is -2.13. The molecule has 2 N–H and O–H groups in total. The molecule has 15 heavy (non-hydrogen) atoms. The van der Waals surface area contributed by atoms with Gasteiger partial charge in [-0.2, -0.15) is 0 Å². The molecule has 0 saturated carbocycles. The van der Waals surface area contributed by atoms with Crippen molar-refractivity contribution in [1.82, 2.24) is 10.2 Å². The third-order valence-corrected chi connectivity index (χ3v) is 2.67. The molecule has 0 aromatic heterocycles. The first-order valence-electron chi connectivity index (χ1n) is 5.19. The van der Waals surface area contributed by atoms with E-state index in [-0.39, 0.29) is 18.4 Å². The van der Waals surface area contributed by atoms with Crippen LogP contribution in [0.15, 0.2) is 0 Å². The second-order valence-electron chi connectivity index (χ2n) is 4.26. The maximum Gasteiger partial charge on any atom is 0.306 e. The van der Waals surface area contributed by atoms with E-state index >= 15 is 0 Å². The predicted octanol–water partition coefficient (Wildman–Crippen LogP) is -0.0825. The van der Waals surface area contributed by atoms with Gasteiger partial charge in [-0.15, -0.1) is 0 Å². The summed E-state index contributed by atoms with van der Waals surface area (Å²) in [4.78, 5) is 24.1. The zero-order chi connectivity index (χ0) is 11.4. The van der Waals surface area contributed by atoms with E-state index in [4.69, 9.17) is 5.11 Å². The fourth-order valence-electron chi connectivity index (χ4n) is 1.70. The van der Waals surface area contributed by atoms with E-state index in [0.717, 1.165) is 19.5 Å². The second kappa shape index (κ2) is 5.11. The molecule has 1 saturated heterocycles. The average molecular weight is 214 g/mol. The molecule has 2 unspecified atom stereocenters. The van der Waals surface area contributed by atoms with Crippen molar-refractivity contribution < 1.29 is 14.7 Å². The summed E-state index contributed by atoms with van der Waals surface area (Å²) < 4.78 is 0. The van der Waals surface area contributed by atoms with Gasteiger partial charge < -0.3 is 15.3 Å². The monoisotopic (exact) mass is 214 g/mol. The molecule has 0 aromatic carbocycles. The molecule has 1 fully saturated rings. The number of carboxylic acids is 1. The topological polar surface area (TPSA) is 69.6 Å². The molecular formula is C10H18N2O3. The molecule has 0 aliphatic carbocycles. The molecule has 86 valence electrons. The molecule has 1 aliphatic rings. The third kappa shape index (κ3) is 3.87. The van der Waals surface area contributed by atoms with Crippen molar-refractivity contribution >= 4 is 11.9 Å². The maximum atomic E-state index is 11.4. The summed E-state index contributed by atoms with van der Waals surface area (Å²) >= 11 is 0. The molecule has 5 nitrogen and oxygen atoms in total. The number of amides is 1. The van der Waals surface area contributed by atoms with E-state index < -0.39 is 11.9 Å². The van der Waals surface area contributed by atoms with Gasteiger partial charge in [0.25, 0.3) is 0 Å². The Morgan fingerprint density at radius 2 is 2.27 bits per heavy atom. The third-order valence-electron chi connectivity index (χ3n) is 2.67. The summed E-state index contributed by atoms with van der Waals surface area (Å²) in [6.45, 7) is 3.38. The summed E-state index contributed by atoms with van der Waals surface area (Å²) in [5.41, 5.74) is 0. The quantitative estimate of drug-likeness (QED) is 0.686. The van der Waals surface area contributed by atoms with Crippen LogP contribution in [0.2, 0.25) is 0 Å². The number of carbonyl (C=O) groups excluding carboxylic acids is 1. The molecular weight excluding hydrogens is 196 g/mol. The zero-order valence-electron chi connectivity index (χ0n) is 9.19. The SMILES string of the molecule is CC(CC(=O)NC1CCN(C)C1)C(=O)O. The number of likely N-dealkylation sites (N-methyl/N-ethyl adjacent to an activating group) is 1. The first kappa shape index (κ1) is 12.0. The molecule has 0 aromatic rings. The number of hydrogen-bond donors (Lipinski definition) is 2. The summed E-state index contributed by atoms with van der Waals surface area (Å²) in [6.07, 6.45) is 1.01. The first-order chi connectivity index (χ1) is 6.99. The van der Waals surface area contributed by atoms with E-state index in [1.807, 2.05) is 7.05 Å². The van der Waals surface area contributed by atoms with Gasteiger partial charge in [0.05, 0.1) is 5.92 Å². The van der Waals surface area contributed by atoms with Crippen molar-refractivity contribution in [1.29, 1.82) is 0 Å². The van der Waals surface area contributed by atoms with Crippen LogP contribution in [0.5, 0.6) is 0 Å². The molecule has 0 bridgehead atoms. The van der Waals surface area contributed by atoms with Crippen molar-refractivity contribution in [3.05, 3.63) is 0 Å². The van der Waals surface area contributed by atoms with Gasteiger partial charge in [-0.1, -0.05) is 6.92 Å².